The second-order valence-corrected chi connectivity index (χ2v) is 5.66. The number of hydrogen-bond acceptors (Lipinski definition) is 2. The number of hydrogen-bond donors (Lipinski definition) is 1. The van der Waals surface area contributed by atoms with Gasteiger partial charge in [-0.05, 0) is 43.5 Å². The van der Waals surface area contributed by atoms with E-state index in [9.17, 15) is 4.79 Å². The van der Waals surface area contributed by atoms with Crippen LogP contribution in [0.15, 0.2) is 54.6 Å². The number of rotatable bonds is 5. The molecule has 2 heteroatoms. The minimum Gasteiger partial charge on any atom is -0.399 e. The second-order valence-electron chi connectivity index (χ2n) is 5.66. The lowest BCUT2D eigenvalue weighted by atomic mass is 9.78. The molecule has 104 valence electrons. The number of aryl methyl sites for hydroxylation is 1. The Balaban J connectivity index is 2.05. The van der Waals surface area contributed by atoms with Gasteiger partial charge in [-0.2, -0.15) is 0 Å². The van der Waals surface area contributed by atoms with Crippen molar-refractivity contribution < 1.29 is 4.79 Å². The topological polar surface area (TPSA) is 43.1 Å². The average molecular weight is 267 g/mol. The van der Waals surface area contributed by atoms with Crippen molar-refractivity contribution in [3.63, 3.8) is 0 Å². The van der Waals surface area contributed by atoms with Crippen LogP contribution >= 0.6 is 0 Å². The standard InChI is InChI=1S/C18H21NO/c1-18(2,15-9-11-16(19)12-10-15)17(20)13-8-14-6-4-3-5-7-14/h3-7,9-12H,8,13,19H2,1-2H3. The lowest BCUT2D eigenvalue weighted by molar-refractivity contribution is -0.123. The molecule has 2 aromatic carbocycles. The first kappa shape index (κ1) is 14.3. The van der Waals surface area contributed by atoms with Crippen molar-refractivity contribution in [2.45, 2.75) is 32.1 Å². The summed E-state index contributed by atoms with van der Waals surface area (Å²) in [6, 6.07) is 17.7. The number of Topliss-reactive ketones (excluding diaryl/α,β-unsaturated/α-hetero) is 1. The zero-order valence-electron chi connectivity index (χ0n) is 12.1. The van der Waals surface area contributed by atoms with Crippen LogP contribution in [0.4, 0.5) is 5.69 Å². The lowest BCUT2D eigenvalue weighted by Crippen LogP contribution is -2.29. The summed E-state index contributed by atoms with van der Waals surface area (Å²) < 4.78 is 0. The van der Waals surface area contributed by atoms with Crippen molar-refractivity contribution >= 4 is 11.5 Å². The predicted molar refractivity (Wildman–Crippen MR) is 83.7 cm³/mol. The SMILES string of the molecule is CC(C)(C(=O)CCc1ccccc1)c1ccc(N)cc1. The predicted octanol–water partition coefficient (Wildman–Crippen LogP) is 3.75. The number of carbonyl (C=O) groups excluding carboxylic acids is 1. The van der Waals surface area contributed by atoms with Gasteiger partial charge in [0.25, 0.3) is 0 Å². The van der Waals surface area contributed by atoms with Gasteiger partial charge >= 0.3 is 0 Å². The lowest BCUT2D eigenvalue weighted by Gasteiger charge is -2.24. The molecule has 0 aliphatic heterocycles. The number of carbonyl (C=O) groups is 1. The number of nitrogen functional groups attached to an aromatic ring is 1. The third-order valence-corrected chi connectivity index (χ3v) is 3.81. The molecule has 20 heavy (non-hydrogen) atoms. The van der Waals surface area contributed by atoms with Crippen LogP contribution in [0.5, 0.6) is 0 Å². The van der Waals surface area contributed by atoms with Crippen LogP contribution in [0.2, 0.25) is 0 Å². The smallest absolute Gasteiger partial charge is 0.143 e. The number of ketones is 1. The quantitative estimate of drug-likeness (QED) is 0.838. The summed E-state index contributed by atoms with van der Waals surface area (Å²) in [5, 5.41) is 0. The van der Waals surface area contributed by atoms with E-state index in [-0.39, 0.29) is 5.78 Å². The molecule has 2 aromatic rings. The summed E-state index contributed by atoms with van der Waals surface area (Å²) in [5.41, 5.74) is 8.17. The maximum absolute atomic E-state index is 12.5. The van der Waals surface area contributed by atoms with E-state index in [1.807, 2.05) is 56.3 Å². The maximum Gasteiger partial charge on any atom is 0.143 e. The van der Waals surface area contributed by atoms with Gasteiger partial charge in [-0.15, -0.1) is 0 Å². The molecule has 0 aromatic heterocycles. The highest BCUT2D eigenvalue weighted by Crippen LogP contribution is 2.27. The Morgan fingerprint density at radius 2 is 1.60 bits per heavy atom. The van der Waals surface area contributed by atoms with Crippen LogP contribution in [0.3, 0.4) is 0 Å². The minimum absolute atomic E-state index is 0.256. The minimum atomic E-state index is -0.470. The van der Waals surface area contributed by atoms with E-state index in [1.165, 1.54) is 5.56 Å². The zero-order valence-corrected chi connectivity index (χ0v) is 12.1. The molecule has 0 fully saturated rings. The Morgan fingerprint density at radius 3 is 2.20 bits per heavy atom. The van der Waals surface area contributed by atoms with Gasteiger partial charge in [-0.1, -0.05) is 42.5 Å². The second kappa shape index (κ2) is 5.91. The van der Waals surface area contributed by atoms with Crippen molar-refractivity contribution in [1.82, 2.24) is 0 Å². The van der Waals surface area contributed by atoms with Crippen molar-refractivity contribution in [2.24, 2.45) is 0 Å². The van der Waals surface area contributed by atoms with Crippen molar-refractivity contribution in [3.05, 3.63) is 65.7 Å². The Morgan fingerprint density at radius 1 is 1.00 bits per heavy atom. The highest BCUT2D eigenvalue weighted by atomic mass is 16.1. The largest absolute Gasteiger partial charge is 0.399 e. The van der Waals surface area contributed by atoms with E-state index < -0.39 is 5.41 Å². The third kappa shape index (κ3) is 3.27. The molecule has 2 N–H and O–H groups in total. The molecule has 0 aliphatic rings. The fourth-order valence-corrected chi connectivity index (χ4v) is 2.28. The summed E-state index contributed by atoms with van der Waals surface area (Å²) >= 11 is 0. The van der Waals surface area contributed by atoms with Gasteiger partial charge in [0.2, 0.25) is 0 Å². The first-order valence-corrected chi connectivity index (χ1v) is 6.93. The normalized spacial score (nSPS) is 11.3. The Labute approximate surface area is 120 Å². The molecule has 2 nitrogen and oxygen atoms in total. The maximum atomic E-state index is 12.5. The van der Waals surface area contributed by atoms with Gasteiger partial charge in [0.1, 0.15) is 5.78 Å². The summed E-state index contributed by atoms with van der Waals surface area (Å²) in [7, 11) is 0. The fourth-order valence-electron chi connectivity index (χ4n) is 2.28. The van der Waals surface area contributed by atoms with Crippen LogP contribution < -0.4 is 5.73 Å². The highest BCUT2D eigenvalue weighted by molar-refractivity contribution is 5.89. The van der Waals surface area contributed by atoms with E-state index >= 15 is 0 Å². The van der Waals surface area contributed by atoms with E-state index in [4.69, 9.17) is 5.73 Å². The van der Waals surface area contributed by atoms with E-state index in [0.29, 0.717) is 6.42 Å². The molecule has 2 rings (SSSR count). The van der Waals surface area contributed by atoms with Crippen LogP contribution in [0, 0.1) is 0 Å². The Bertz CT molecular complexity index is 570. The van der Waals surface area contributed by atoms with Crippen LogP contribution in [0.25, 0.3) is 0 Å². The molecule has 0 amide bonds. The molecule has 0 bridgehead atoms. The summed E-state index contributed by atoms with van der Waals surface area (Å²) in [5.74, 6) is 0.256. The number of benzene rings is 2. The van der Waals surface area contributed by atoms with Gasteiger partial charge < -0.3 is 5.73 Å². The molecule has 0 spiro atoms. The van der Waals surface area contributed by atoms with Crippen molar-refractivity contribution in [2.75, 3.05) is 5.73 Å². The van der Waals surface area contributed by atoms with E-state index in [2.05, 4.69) is 12.1 Å². The average Bonchev–Trinajstić information content (AvgIpc) is 2.46. The molecule has 0 aliphatic carbocycles. The van der Waals surface area contributed by atoms with Crippen LogP contribution in [0.1, 0.15) is 31.4 Å². The van der Waals surface area contributed by atoms with Gasteiger partial charge in [0.05, 0.1) is 0 Å². The monoisotopic (exact) mass is 267 g/mol. The molecular formula is C18H21NO. The summed E-state index contributed by atoms with van der Waals surface area (Å²) in [6.07, 6.45) is 1.35. The molecule has 0 radical (unpaired) electrons. The van der Waals surface area contributed by atoms with Gasteiger partial charge in [-0.3, -0.25) is 4.79 Å². The highest BCUT2D eigenvalue weighted by Gasteiger charge is 2.28. The molecular weight excluding hydrogens is 246 g/mol. The van der Waals surface area contributed by atoms with Gasteiger partial charge in [0.15, 0.2) is 0 Å². The Kier molecular flexibility index (Phi) is 4.23. The first-order chi connectivity index (χ1) is 9.50. The Hall–Kier alpha value is -2.09. The van der Waals surface area contributed by atoms with Gasteiger partial charge in [0, 0.05) is 17.5 Å². The van der Waals surface area contributed by atoms with Crippen LogP contribution in [-0.2, 0) is 16.6 Å². The zero-order chi connectivity index (χ0) is 14.6. The first-order valence-electron chi connectivity index (χ1n) is 6.93. The third-order valence-electron chi connectivity index (χ3n) is 3.81. The molecule has 0 unspecified atom stereocenters. The molecule has 0 heterocycles. The number of anilines is 1. The van der Waals surface area contributed by atoms with Crippen LogP contribution in [-0.4, -0.2) is 5.78 Å². The van der Waals surface area contributed by atoms with Crippen molar-refractivity contribution in [1.29, 1.82) is 0 Å². The molecule has 0 saturated carbocycles. The van der Waals surface area contributed by atoms with Gasteiger partial charge in [-0.25, -0.2) is 0 Å². The molecule has 0 atom stereocenters. The molecule has 0 saturated heterocycles. The fraction of sp³-hybridized carbons (Fsp3) is 0.278. The number of nitrogens with two attached hydrogens (primary N) is 1. The van der Waals surface area contributed by atoms with Crippen molar-refractivity contribution in [3.8, 4) is 0 Å². The summed E-state index contributed by atoms with van der Waals surface area (Å²) in [6.45, 7) is 3.96. The van der Waals surface area contributed by atoms with E-state index in [0.717, 1.165) is 17.7 Å². The van der Waals surface area contributed by atoms with E-state index in [1.54, 1.807) is 0 Å². The summed E-state index contributed by atoms with van der Waals surface area (Å²) in [4.78, 5) is 12.5.